The molecule has 29 heavy (non-hydrogen) atoms. The number of carbonyl (C=O) groups is 2. The lowest BCUT2D eigenvalue weighted by atomic mass is 9.67. The minimum Gasteiger partial charge on any atom is -0.449 e. The summed E-state index contributed by atoms with van der Waals surface area (Å²) in [6.45, 7) is 7.51. The molecule has 1 aliphatic rings. The topological polar surface area (TPSA) is 84.4 Å². The standard InChI is InChI=1S/C19H22F2N4O3S/c1-5-28-18(27)25(11-8-13(20)23-14(21)9-11)17-24-15(10(2)29-17)16(26)22-12-6-7-19(12,3)4/h8-9,12H,5-7H2,1-4H3,(H,22,26). The van der Waals surface area contributed by atoms with E-state index in [0.29, 0.717) is 4.88 Å². The van der Waals surface area contributed by atoms with Crippen LogP contribution in [0.25, 0.3) is 0 Å². The molecule has 2 aromatic rings. The number of aromatic nitrogens is 2. The molecule has 0 saturated heterocycles. The molecule has 0 radical (unpaired) electrons. The first kappa shape index (κ1) is 21.1. The van der Waals surface area contributed by atoms with Gasteiger partial charge in [0.25, 0.3) is 5.91 Å². The summed E-state index contributed by atoms with van der Waals surface area (Å²) in [5.41, 5.74) is 0.0529. The number of thiazole rings is 1. The van der Waals surface area contributed by atoms with Crippen molar-refractivity contribution in [1.82, 2.24) is 15.3 Å². The summed E-state index contributed by atoms with van der Waals surface area (Å²) >= 11 is 1.05. The van der Waals surface area contributed by atoms with Gasteiger partial charge in [-0.25, -0.2) is 14.7 Å². The number of carbonyl (C=O) groups excluding carboxylic acids is 2. The summed E-state index contributed by atoms with van der Waals surface area (Å²) in [7, 11) is 0. The fourth-order valence-electron chi connectivity index (χ4n) is 3.11. The van der Waals surface area contributed by atoms with E-state index in [4.69, 9.17) is 4.74 Å². The molecular weight excluding hydrogens is 402 g/mol. The third-order valence-electron chi connectivity index (χ3n) is 4.97. The summed E-state index contributed by atoms with van der Waals surface area (Å²) in [6, 6.07) is 1.84. The Morgan fingerprint density at radius 2 is 1.97 bits per heavy atom. The van der Waals surface area contributed by atoms with E-state index in [-0.39, 0.29) is 40.5 Å². The Morgan fingerprint density at radius 1 is 1.31 bits per heavy atom. The summed E-state index contributed by atoms with van der Waals surface area (Å²) < 4.78 is 32.2. The molecule has 1 N–H and O–H groups in total. The number of ether oxygens (including phenoxy) is 1. The summed E-state index contributed by atoms with van der Waals surface area (Å²) in [5, 5.41) is 3.04. The number of nitrogens with zero attached hydrogens (tertiary/aromatic N) is 3. The van der Waals surface area contributed by atoms with Gasteiger partial charge < -0.3 is 10.1 Å². The monoisotopic (exact) mass is 424 g/mol. The molecule has 0 aromatic carbocycles. The van der Waals surface area contributed by atoms with Gasteiger partial charge in [0.1, 0.15) is 5.69 Å². The number of hydrogen-bond acceptors (Lipinski definition) is 6. The van der Waals surface area contributed by atoms with Gasteiger partial charge in [-0.2, -0.15) is 13.8 Å². The quantitative estimate of drug-likeness (QED) is 0.722. The van der Waals surface area contributed by atoms with Crippen molar-refractivity contribution in [2.24, 2.45) is 5.41 Å². The second kappa shape index (κ2) is 8.02. The average molecular weight is 424 g/mol. The van der Waals surface area contributed by atoms with Crippen molar-refractivity contribution in [3.8, 4) is 0 Å². The molecule has 1 saturated carbocycles. The number of nitrogens with one attached hydrogen (secondary N) is 1. The Balaban J connectivity index is 1.93. The molecule has 2 amide bonds. The molecule has 1 atom stereocenters. The van der Waals surface area contributed by atoms with E-state index in [1.807, 2.05) is 0 Å². The number of anilines is 2. The molecule has 3 rings (SSSR count). The average Bonchev–Trinajstić information content (AvgIpc) is 2.99. The fraction of sp³-hybridized carbons (Fsp3) is 0.474. The minimum atomic E-state index is -1.09. The van der Waals surface area contributed by atoms with Crippen LogP contribution in [0.2, 0.25) is 0 Å². The highest BCUT2D eigenvalue weighted by molar-refractivity contribution is 7.16. The molecule has 0 bridgehead atoms. The molecule has 7 nitrogen and oxygen atoms in total. The predicted molar refractivity (Wildman–Crippen MR) is 104 cm³/mol. The second-order valence-electron chi connectivity index (χ2n) is 7.46. The van der Waals surface area contributed by atoms with Crippen LogP contribution in [-0.4, -0.2) is 34.6 Å². The highest BCUT2D eigenvalue weighted by Crippen LogP contribution is 2.40. The second-order valence-corrected chi connectivity index (χ2v) is 8.64. The van der Waals surface area contributed by atoms with Crippen molar-refractivity contribution in [3.05, 3.63) is 34.6 Å². The highest BCUT2D eigenvalue weighted by atomic mass is 32.1. The van der Waals surface area contributed by atoms with E-state index in [2.05, 4.69) is 29.1 Å². The molecule has 1 aliphatic carbocycles. The van der Waals surface area contributed by atoms with Crippen LogP contribution < -0.4 is 10.2 Å². The van der Waals surface area contributed by atoms with E-state index in [1.54, 1.807) is 13.8 Å². The van der Waals surface area contributed by atoms with Gasteiger partial charge in [0.2, 0.25) is 17.0 Å². The van der Waals surface area contributed by atoms with Crippen LogP contribution in [0.3, 0.4) is 0 Å². The fourth-order valence-corrected chi connectivity index (χ4v) is 4.03. The van der Waals surface area contributed by atoms with Crippen LogP contribution in [0.4, 0.5) is 24.4 Å². The molecule has 156 valence electrons. The molecule has 10 heteroatoms. The lowest BCUT2D eigenvalue weighted by Gasteiger charge is -2.44. The van der Waals surface area contributed by atoms with Gasteiger partial charge in [-0.15, -0.1) is 11.3 Å². The smallest absolute Gasteiger partial charge is 0.420 e. The maximum absolute atomic E-state index is 13.6. The normalized spacial score (nSPS) is 17.4. The van der Waals surface area contributed by atoms with E-state index in [1.165, 1.54) is 0 Å². The van der Waals surface area contributed by atoms with Gasteiger partial charge in [0.05, 0.1) is 12.3 Å². The lowest BCUT2D eigenvalue weighted by Crippen LogP contribution is -2.52. The number of rotatable bonds is 5. The Morgan fingerprint density at radius 3 is 2.48 bits per heavy atom. The minimum absolute atomic E-state index is 0.0193. The summed E-state index contributed by atoms with van der Waals surface area (Å²) in [5.74, 6) is -2.53. The predicted octanol–water partition coefficient (Wildman–Crippen LogP) is 4.34. The zero-order valence-electron chi connectivity index (χ0n) is 16.6. The van der Waals surface area contributed by atoms with Gasteiger partial charge in [-0.1, -0.05) is 13.8 Å². The maximum atomic E-state index is 13.6. The summed E-state index contributed by atoms with van der Waals surface area (Å²) in [4.78, 5) is 34.0. The van der Waals surface area contributed by atoms with E-state index >= 15 is 0 Å². The van der Waals surface area contributed by atoms with E-state index < -0.39 is 18.0 Å². The Bertz CT molecular complexity index is 927. The Hall–Kier alpha value is -2.62. The van der Waals surface area contributed by atoms with E-state index in [9.17, 15) is 18.4 Å². The zero-order valence-corrected chi connectivity index (χ0v) is 17.4. The molecule has 2 aromatic heterocycles. The number of halogens is 2. The van der Waals surface area contributed by atoms with Gasteiger partial charge in [0, 0.05) is 23.1 Å². The van der Waals surface area contributed by atoms with Gasteiger partial charge >= 0.3 is 6.09 Å². The molecule has 1 unspecified atom stereocenters. The van der Waals surface area contributed by atoms with Crippen LogP contribution >= 0.6 is 11.3 Å². The Labute approximate surface area is 171 Å². The largest absolute Gasteiger partial charge is 0.449 e. The van der Waals surface area contributed by atoms with Crippen molar-refractivity contribution in [3.63, 3.8) is 0 Å². The van der Waals surface area contributed by atoms with Crippen LogP contribution in [0.5, 0.6) is 0 Å². The molecule has 2 heterocycles. The third-order valence-corrected chi connectivity index (χ3v) is 5.93. The number of hydrogen-bond donors (Lipinski definition) is 1. The van der Waals surface area contributed by atoms with Gasteiger partial charge in [0.15, 0.2) is 0 Å². The molecule has 0 spiro atoms. The zero-order chi connectivity index (χ0) is 21.3. The van der Waals surface area contributed by atoms with Crippen LogP contribution in [0.1, 0.15) is 49.0 Å². The number of aryl methyl sites for hydroxylation is 1. The summed E-state index contributed by atoms with van der Waals surface area (Å²) in [6.07, 6.45) is 1.05. The first-order valence-electron chi connectivity index (χ1n) is 9.20. The lowest BCUT2D eigenvalue weighted by molar-refractivity contribution is 0.0728. The van der Waals surface area contributed by atoms with Crippen molar-refractivity contribution in [2.45, 2.75) is 46.6 Å². The maximum Gasteiger partial charge on any atom is 0.420 e. The van der Waals surface area contributed by atoms with E-state index in [0.717, 1.165) is 41.2 Å². The molecule has 0 aliphatic heterocycles. The molecule has 1 fully saturated rings. The molecular formula is C19H22F2N4O3S. The van der Waals surface area contributed by atoms with Crippen LogP contribution in [0, 0.1) is 24.2 Å². The third kappa shape index (κ3) is 4.36. The van der Waals surface area contributed by atoms with Crippen LogP contribution in [0.15, 0.2) is 12.1 Å². The van der Waals surface area contributed by atoms with Crippen molar-refractivity contribution < 1.29 is 23.1 Å². The number of amides is 2. The van der Waals surface area contributed by atoms with Crippen molar-refractivity contribution in [1.29, 1.82) is 0 Å². The van der Waals surface area contributed by atoms with Crippen LogP contribution in [-0.2, 0) is 4.74 Å². The first-order valence-corrected chi connectivity index (χ1v) is 10.0. The van der Waals surface area contributed by atoms with Gasteiger partial charge in [-0.3, -0.25) is 4.79 Å². The highest BCUT2D eigenvalue weighted by Gasteiger charge is 2.40. The Kier molecular flexibility index (Phi) is 5.83. The van der Waals surface area contributed by atoms with Crippen molar-refractivity contribution >= 4 is 34.2 Å². The number of pyridine rings is 1. The first-order chi connectivity index (χ1) is 13.6. The van der Waals surface area contributed by atoms with Gasteiger partial charge in [-0.05, 0) is 32.1 Å². The SMILES string of the molecule is CCOC(=O)N(c1cc(F)nc(F)c1)c1nc(C(=O)NC2CCC2(C)C)c(C)s1. The van der Waals surface area contributed by atoms with Crippen molar-refractivity contribution in [2.75, 3.05) is 11.5 Å².